The SMILES string of the molecule is CC/C=C\C/C=C\C/C=C\C/C=C\C/C=C\C/C=C\CCCCCCCCCCCCCCCCCCCCC(=O)OC(COC(=O)CCCCCCCCCCCCCCCCCCCCCCCCCCCCCCCC)COC(OCC[N+](C)(C)C)C(=O)[O-]. The molecule has 0 aliphatic carbocycles. The van der Waals surface area contributed by atoms with Gasteiger partial charge in [0.15, 0.2) is 12.4 Å². The second-order valence-electron chi connectivity index (χ2n) is 28.0. The highest BCUT2D eigenvalue weighted by atomic mass is 16.7. The van der Waals surface area contributed by atoms with E-state index in [9.17, 15) is 19.5 Å². The van der Waals surface area contributed by atoms with E-state index in [0.29, 0.717) is 23.9 Å². The molecule has 2 unspecified atom stereocenters. The fourth-order valence-corrected chi connectivity index (χ4v) is 11.7. The molecule has 0 rings (SSSR count). The van der Waals surface area contributed by atoms with Gasteiger partial charge in [0.2, 0.25) is 0 Å². The van der Waals surface area contributed by atoms with E-state index in [1.54, 1.807) is 0 Å². The molecule has 0 spiro atoms. The number of carbonyl (C=O) groups is 3. The zero-order valence-corrected chi connectivity index (χ0v) is 61.4. The number of carboxylic acid groups (broad SMARTS) is 1. The summed E-state index contributed by atoms with van der Waals surface area (Å²) in [4.78, 5) is 37.6. The molecule has 9 nitrogen and oxygen atoms in total. The number of likely N-dealkylation sites (N-methyl/N-ethyl adjacent to an activating group) is 1. The lowest BCUT2D eigenvalue weighted by atomic mass is 10.0. The van der Waals surface area contributed by atoms with Crippen LogP contribution in [0.3, 0.4) is 0 Å². The van der Waals surface area contributed by atoms with Gasteiger partial charge in [-0.2, -0.15) is 0 Å². The number of rotatable bonds is 74. The number of aliphatic carboxylic acids is 1. The summed E-state index contributed by atoms with van der Waals surface area (Å²) in [5, 5.41) is 11.9. The van der Waals surface area contributed by atoms with Gasteiger partial charge in [0.25, 0.3) is 0 Å². The van der Waals surface area contributed by atoms with Gasteiger partial charge in [0.1, 0.15) is 13.2 Å². The molecule has 0 aromatic carbocycles. The van der Waals surface area contributed by atoms with Crippen molar-refractivity contribution >= 4 is 17.9 Å². The number of hydrogen-bond donors (Lipinski definition) is 0. The van der Waals surface area contributed by atoms with Gasteiger partial charge in [-0.25, -0.2) is 0 Å². The first-order valence-electron chi connectivity index (χ1n) is 39.6. The van der Waals surface area contributed by atoms with Crippen molar-refractivity contribution in [1.29, 1.82) is 0 Å². The number of ether oxygens (including phenoxy) is 4. The first kappa shape index (κ1) is 88.7. The molecule has 0 saturated heterocycles. The Morgan fingerprint density at radius 2 is 0.620 bits per heavy atom. The number of carboxylic acids is 1. The number of nitrogens with zero attached hydrogens (tertiary/aromatic N) is 1. The molecule has 0 aliphatic rings. The average molecular weight is 1290 g/mol. The van der Waals surface area contributed by atoms with Gasteiger partial charge in [-0.3, -0.25) is 9.59 Å². The second-order valence-corrected chi connectivity index (χ2v) is 28.0. The Labute approximate surface area is 570 Å². The molecular weight excluding hydrogens is 1140 g/mol. The van der Waals surface area contributed by atoms with Crippen molar-refractivity contribution in [3.05, 3.63) is 72.9 Å². The fraction of sp³-hybridized carbons (Fsp3) is 0.819. The van der Waals surface area contributed by atoms with Crippen LogP contribution in [0.25, 0.3) is 0 Å². The van der Waals surface area contributed by atoms with Gasteiger partial charge in [-0.15, -0.1) is 0 Å². The van der Waals surface area contributed by atoms with Crippen LogP contribution in [-0.2, 0) is 33.3 Å². The zero-order chi connectivity index (χ0) is 66.8. The molecule has 92 heavy (non-hydrogen) atoms. The van der Waals surface area contributed by atoms with E-state index >= 15 is 0 Å². The summed E-state index contributed by atoms with van der Waals surface area (Å²) in [6, 6.07) is 0. The maximum atomic E-state index is 13.0. The molecule has 0 aromatic rings. The van der Waals surface area contributed by atoms with E-state index in [-0.39, 0.29) is 32.2 Å². The second kappa shape index (κ2) is 73.5. The number of unbranched alkanes of at least 4 members (excludes halogenated alkanes) is 47. The van der Waals surface area contributed by atoms with Crippen LogP contribution in [0.4, 0.5) is 0 Å². The third kappa shape index (κ3) is 74.1. The molecule has 0 saturated carbocycles. The minimum absolute atomic E-state index is 0.149. The summed E-state index contributed by atoms with van der Waals surface area (Å²) < 4.78 is 22.9. The molecule has 0 aliphatic heterocycles. The molecule has 0 amide bonds. The van der Waals surface area contributed by atoms with Crippen molar-refractivity contribution in [1.82, 2.24) is 0 Å². The van der Waals surface area contributed by atoms with Gasteiger partial charge in [-0.05, 0) is 64.2 Å². The quantitative estimate of drug-likeness (QED) is 0.0195. The molecule has 0 bridgehead atoms. The summed E-state index contributed by atoms with van der Waals surface area (Å²) in [6.45, 7) is 4.70. The highest BCUT2D eigenvalue weighted by molar-refractivity contribution is 5.70. The molecule has 0 radical (unpaired) electrons. The molecule has 0 aromatic heterocycles. The average Bonchev–Trinajstić information content (AvgIpc) is 3.75. The van der Waals surface area contributed by atoms with Crippen LogP contribution < -0.4 is 5.11 Å². The summed E-state index contributed by atoms with van der Waals surface area (Å²) >= 11 is 0. The van der Waals surface area contributed by atoms with Crippen LogP contribution in [0, 0.1) is 0 Å². The predicted octanol–water partition coefficient (Wildman–Crippen LogP) is 23.9. The van der Waals surface area contributed by atoms with Crippen molar-refractivity contribution < 1.29 is 42.9 Å². The molecule has 0 fully saturated rings. The molecule has 0 heterocycles. The summed E-state index contributed by atoms with van der Waals surface area (Å²) in [5.41, 5.74) is 0. The maximum Gasteiger partial charge on any atom is 0.306 e. The largest absolute Gasteiger partial charge is 0.545 e. The Morgan fingerprint density at radius 1 is 0.337 bits per heavy atom. The van der Waals surface area contributed by atoms with Crippen molar-refractivity contribution in [3.8, 4) is 0 Å². The minimum Gasteiger partial charge on any atom is -0.545 e. The van der Waals surface area contributed by atoms with Gasteiger partial charge in [0, 0.05) is 12.8 Å². The number of hydrogen-bond acceptors (Lipinski definition) is 8. The van der Waals surface area contributed by atoms with Crippen LogP contribution in [-0.4, -0.2) is 82.3 Å². The van der Waals surface area contributed by atoms with E-state index in [1.807, 2.05) is 21.1 Å². The summed E-state index contributed by atoms with van der Waals surface area (Å²) in [6.07, 6.45) is 95.9. The predicted molar refractivity (Wildman–Crippen MR) is 394 cm³/mol. The molecule has 0 N–H and O–H groups in total. The normalized spacial score (nSPS) is 13.0. The van der Waals surface area contributed by atoms with Crippen molar-refractivity contribution in [2.45, 2.75) is 392 Å². The first-order valence-corrected chi connectivity index (χ1v) is 39.6. The van der Waals surface area contributed by atoms with E-state index in [4.69, 9.17) is 18.9 Å². The number of allylic oxidation sites excluding steroid dienone is 12. The highest BCUT2D eigenvalue weighted by Crippen LogP contribution is 2.20. The summed E-state index contributed by atoms with van der Waals surface area (Å²) in [7, 11) is 5.95. The molecular formula is C83H151NO8. The minimum atomic E-state index is -1.62. The molecule has 536 valence electrons. The zero-order valence-electron chi connectivity index (χ0n) is 61.4. The van der Waals surface area contributed by atoms with Gasteiger partial charge >= 0.3 is 11.9 Å². The van der Waals surface area contributed by atoms with Crippen molar-refractivity contribution in [2.24, 2.45) is 0 Å². The Hall–Kier alpha value is -3.27. The Morgan fingerprint density at radius 3 is 0.924 bits per heavy atom. The first-order chi connectivity index (χ1) is 45.1. The van der Waals surface area contributed by atoms with Crippen LogP contribution in [0.1, 0.15) is 380 Å². The Bertz CT molecular complexity index is 1740. The lowest BCUT2D eigenvalue weighted by Gasteiger charge is -2.26. The third-order valence-electron chi connectivity index (χ3n) is 17.7. The number of quaternary nitrogens is 1. The Balaban J connectivity index is 4.00. The third-order valence-corrected chi connectivity index (χ3v) is 17.7. The Kier molecular flexibility index (Phi) is 70.9. The molecule has 9 heteroatoms. The van der Waals surface area contributed by atoms with Crippen molar-refractivity contribution in [3.63, 3.8) is 0 Å². The van der Waals surface area contributed by atoms with Crippen LogP contribution in [0.15, 0.2) is 72.9 Å². The van der Waals surface area contributed by atoms with Crippen molar-refractivity contribution in [2.75, 3.05) is 47.5 Å². The topological polar surface area (TPSA) is 111 Å². The lowest BCUT2D eigenvalue weighted by Crippen LogP contribution is -2.44. The van der Waals surface area contributed by atoms with E-state index in [2.05, 4.69) is 86.8 Å². The fourth-order valence-electron chi connectivity index (χ4n) is 11.7. The number of carbonyl (C=O) groups excluding carboxylic acids is 3. The monoisotopic (exact) mass is 1290 g/mol. The smallest absolute Gasteiger partial charge is 0.306 e. The van der Waals surface area contributed by atoms with Crippen LogP contribution in [0.5, 0.6) is 0 Å². The van der Waals surface area contributed by atoms with Gasteiger partial charge in [0.05, 0.1) is 40.3 Å². The molecule has 2 atom stereocenters. The van der Waals surface area contributed by atoms with Crippen LogP contribution >= 0.6 is 0 Å². The van der Waals surface area contributed by atoms with Gasteiger partial charge < -0.3 is 33.3 Å². The maximum absolute atomic E-state index is 13.0. The van der Waals surface area contributed by atoms with E-state index in [1.165, 1.54) is 276 Å². The number of esters is 2. The highest BCUT2D eigenvalue weighted by Gasteiger charge is 2.22. The van der Waals surface area contributed by atoms with Gasteiger partial charge in [-0.1, -0.05) is 376 Å². The lowest BCUT2D eigenvalue weighted by molar-refractivity contribution is -0.870. The summed E-state index contributed by atoms with van der Waals surface area (Å²) in [5.74, 6) is -2.26. The van der Waals surface area contributed by atoms with Crippen LogP contribution in [0.2, 0.25) is 0 Å². The standard InChI is InChI=1S/C83H151NO8/c1-6-8-10-12-14-16-18-20-22-24-26-28-30-32-34-36-38-39-40-41-42-43-44-46-48-50-52-54-56-58-60-62-64-66-68-70-72-74-81(86)92-79(78-91-83(82(87)88)89-76-75-84(3,4)5)77-90-80(85)73-71-69-67-65-63-61-59-57-55-53-51-49-47-45-37-35-33-31-29-27-25-23-21-19-17-15-13-11-9-7-2/h8,10,14,16,20,22,26,28,32,34,38-39,79,83H,6-7,9,11-13,15,17-19,21,23-25,27,29-31,33,35-37,40-78H2,1-5H3/b10-8-,16-14-,22-20-,28-26-,34-32-,39-38-. The van der Waals surface area contributed by atoms with E-state index in [0.717, 1.165) is 70.6 Å². The van der Waals surface area contributed by atoms with E-state index < -0.39 is 24.3 Å².